The van der Waals surface area contributed by atoms with Crippen molar-refractivity contribution >= 4 is 56.5 Å². The van der Waals surface area contributed by atoms with Gasteiger partial charge in [0, 0.05) is 0 Å². The van der Waals surface area contributed by atoms with Crippen LogP contribution in [0.15, 0.2) is 79.7 Å². The smallest absolute Gasteiger partial charge is 0.192 e. The summed E-state index contributed by atoms with van der Waals surface area (Å²) in [6, 6.07) is 13.4. The van der Waals surface area contributed by atoms with Gasteiger partial charge in [0.05, 0.1) is 44.5 Å². The van der Waals surface area contributed by atoms with Crippen LogP contribution in [0.1, 0.15) is 58.4 Å². The summed E-state index contributed by atoms with van der Waals surface area (Å²) in [5.41, 5.74) is 14.1. The molecule has 2 aromatic heterocycles. The van der Waals surface area contributed by atoms with Gasteiger partial charge in [-0.3, -0.25) is 0 Å². The van der Waals surface area contributed by atoms with Crippen molar-refractivity contribution < 1.29 is 9.15 Å². The molecule has 3 aromatic carbocycles. The van der Waals surface area contributed by atoms with Gasteiger partial charge in [-0.05, 0) is 88.8 Å². The Kier molecular flexibility index (Phi) is 4.24. The zero-order valence-electron chi connectivity index (χ0n) is 28.9. The molecule has 8 heterocycles. The summed E-state index contributed by atoms with van der Waals surface area (Å²) in [5, 5.41) is 4.70. The van der Waals surface area contributed by atoms with Gasteiger partial charge in [-0.25, -0.2) is 0 Å². The summed E-state index contributed by atoms with van der Waals surface area (Å²) in [7, 11) is 0. The molecule has 236 valence electrons. The molecule has 0 saturated heterocycles. The summed E-state index contributed by atoms with van der Waals surface area (Å²) in [4.78, 5) is 22.9. The highest BCUT2D eigenvalue weighted by Gasteiger charge is 2.72. The molecular weight excluding hydrogens is 605 g/mol. The van der Waals surface area contributed by atoms with Crippen LogP contribution in [0, 0.1) is 53.4 Å². The van der Waals surface area contributed by atoms with Crippen LogP contribution >= 0.6 is 0 Å². The van der Waals surface area contributed by atoms with Crippen molar-refractivity contribution in [2.45, 2.75) is 61.3 Å². The molecule has 5 aromatic rings. The van der Waals surface area contributed by atoms with Gasteiger partial charge in [0.1, 0.15) is 0 Å². The number of allylic oxidation sites excluding steroid dienone is 2. The molecule has 3 atom stereocenters. The number of fused-ring (bicyclic) bond motifs is 12. The lowest BCUT2D eigenvalue weighted by Gasteiger charge is -2.41. The molecule has 1 aliphatic carbocycles. The molecule has 6 aliphatic heterocycles. The third-order valence-electron chi connectivity index (χ3n) is 12.5. The molecule has 0 saturated carbocycles. The predicted octanol–water partition coefficient (Wildman–Crippen LogP) is 6.30. The summed E-state index contributed by atoms with van der Waals surface area (Å²) >= 11 is 0. The largest absolute Gasteiger partial charge is 0.404 e. The lowest BCUT2D eigenvalue weighted by molar-refractivity contribution is -0.791. The van der Waals surface area contributed by atoms with E-state index < -0.39 is 5.91 Å². The number of hydrogen-bond acceptors (Lipinski definition) is 4. The zero-order chi connectivity index (χ0) is 33.2. The van der Waals surface area contributed by atoms with E-state index in [2.05, 4.69) is 122 Å². The minimum absolute atomic E-state index is 0.0747. The van der Waals surface area contributed by atoms with Gasteiger partial charge in [-0.1, -0.05) is 79.7 Å². The standard InChI is InChI=1S/C41H34N8/c1-17-9-10-18(2)26-25(17)33-42-35-27-19(3)11-12-20(4)28(27)37-44-39-31-23(7)15-16-24(8)32(31)40-45-38-30-22(6)14-13-21(5)29(30)36-43-34(26)46(33)41(47(35)37,48(36)38)49(39)40/h9-16,25-26H,1-8H3/q+2. The number of aliphatic imine (C=N–C) groups is 2. The van der Waals surface area contributed by atoms with E-state index in [0.29, 0.717) is 0 Å². The maximum Gasteiger partial charge on any atom is 0.404 e. The van der Waals surface area contributed by atoms with E-state index in [0.717, 1.165) is 46.0 Å². The SMILES string of the molecule is CC1=CC=C(C)C2C3=[N+]4C(=Nc5c6c(C)ccc(C)c6c6n5C45n4c(c7c(C)ccc(C)c7c4=N3)=NC3=[N+]5C(=N6)c4c(C)ccc(C)c43)C12. The Morgan fingerprint density at radius 1 is 0.531 bits per heavy atom. The molecule has 7 aliphatic rings. The summed E-state index contributed by atoms with van der Waals surface area (Å²) < 4.78 is 9.87. The van der Waals surface area contributed by atoms with Crippen molar-refractivity contribution in [1.29, 1.82) is 0 Å². The van der Waals surface area contributed by atoms with E-state index in [4.69, 9.17) is 20.0 Å². The molecule has 3 unspecified atom stereocenters. The molecule has 0 radical (unpaired) electrons. The maximum absolute atomic E-state index is 5.75. The van der Waals surface area contributed by atoms with E-state index in [1.165, 1.54) is 77.2 Å². The van der Waals surface area contributed by atoms with Gasteiger partial charge in [-0.15, -0.1) is 4.58 Å². The number of amidine groups is 4. The molecule has 49 heavy (non-hydrogen) atoms. The summed E-state index contributed by atoms with van der Waals surface area (Å²) in [5.74, 6) is 5.14. The zero-order valence-corrected chi connectivity index (χ0v) is 28.9. The highest BCUT2D eigenvalue weighted by molar-refractivity contribution is 6.19. The van der Waals surface area contributed by atoms with E-state index >= 15 is 0 Å². The Morgan fingerprint density at radius 2 is 1.06 bits per heavy atom. The van der Waals surface area contributed by atoms with E-state index in [9.17, 15) is 0 Å². The minimum atomic E-state index is -0.941. The van der Waals surface area contributed by atoms with Crippen LogP contribution in [0.5, 0.6) is 0 Å². The minimum Gasteiger partial charge on any atom is -0.192 e. The Hall–Kier alpha value is -5.50. The number of rotatable bonds is 0. The van der Waals surface area contributed by atoms with Crippen LogP contribution in [-0.2, 0) is 5.91 Å². The Balaban J connectivity index is 1.44. The molecule has 1 spiro atoms. The van der Waals surface area contributed by atoms with Crippen LogP contribution in [0.25, 0.3) is 21.5 Å². The number of benzene rings is 3. The molecule has 0 bridgehead atoms. The maximum atomic E-state index is 5.75. The summed E-state index contributed by atoms with van der Waals surface area (Å²) in [6.45, 7) is 17.8. The van der Waals surface area contributed by atoms with E-state index in [1.807, 2.05) is 0 Å². The number of aryl methyl sites for hydroxylation is 6. The Morgan fingerprint density at radius 3 is 1.71 bits per heavy atom. The molecule has 0 amide bonds. The topological polar surface area (TPSA) is 65.3 Å². The fourth-order valence-electron chi connectivity index (χ4n) is 10.3. The van der Waals surface area contributed by atoms with Gasteiger partial charge in [0.15, 0.2) is 0 Å². The highest BCUT2D eigenvalue weighted by Crippen LogP contribution is 2.56. The average Bonchev–Trinajstić information content (AvgIpc) is 3.81. The third kappa shape index (κ3) is 2.51. The van der Waals surface area contributed by atoms with Crippen molar-refractivity contribution in [2.75, 3.05) is 0 Å². The molecule has 12 rings (SSSR count). The van der Waals surface area contributed by atoms with Gasteiger partial charge >= 0.3 is 5.91 Å². The number of nitrogens with zero attached hydrogens (tertiary/aromatic N) is 8. The quantitative estimate of drug-likeness (QED) is 0.179. The molecule has 8 heteroatoms. The van der Waals surface area contributed by atoms with Crippen molar-refractivity contribution in [3.63, 3.8) is 0 Å². The van der Waals surface area contributed by atoms with Crippen molar-refractivity contribution in [3.8, 4) is 0 Å². The van der Waals surface area contributed by atoms with Gasteiger partial charge < -0.3 is 0 Å². The number of hydrogen-bond donors (Lipinski definition) is 0. The molecular formula is C41H34N8+2. The normalized spacial score (nSPS) is 24.2. The second-order valence-corrected chi connectivity index (χ2v) is 15.2. The first-order valence-corrected chi connectivity index (χ1v) is 17.4. The van der Waals surface area contributed by atoms with E-state index in [-0.39, 0.29) is 11.8 Å². The lowest BCUT2D eigenvalue weighted by Crippen LogP contribution is -2.71. The average molecular weight is 639 g/mol. The fourth-order valence-corrected chi connectivity index (χ4v) is 10.3. The van der Waals surface area contributed by atoms with Gasteiger partial charge in [-0.2, -0.15) is 13.7 Å². The first-order chi connectivity index (χ1) is 23.6. The van der Waals surface area contributed by atoms with Crippen LogP contribution in [-0.4, -0.2) is 41.6 Å². The van der Waals surface area contributed by atoms with Crippen molar-refractivity contribution in [3.05, 3.63) is 115 Å². The molecule has 0 N–H and O–H groups in total. The molecule has 8 nitrogen and oxygen atoms in total. The first-order valence-electron chi connectivity index (χ1n) is 17.4. The second kappa shape index (κ2) is 7.86. The second-order valence-electron chi connectivity index (χ2n) is 15.2. The van der Waals surface area contributed by atoms with Crippen molar-refractivity contribution in [1.82, 2.24) is 9.13 Å². The van der Waals surface area contributed by atoms with Crippen LogP contribution < -0.4 is 11.0 Å². The van der Waals surface area contributed by atoms with Crippen molar-refractivity contribution in [2.24, 2.45) is 31.8 Å². The van der Waals surface area contributed by atoms with Crippen LogP contribution in [0.2, 0.25) is 0 Å². The van der Waals surface area contributed by atoms with Gasteiger partial charge in [0.2, 0.25) is 22.6 Å². The monoisotopic (exact) mass is 638 g/mol. The Bertz CT molecular complexity index is 2970. The fraction of sp³-hybridized carbons (Fsp3) is 0.268. The first kappa shape index (κ1) is 26.5. The molecule has 0 fully saturated rings. The summed E-state index contributed by atoms with van der Waals surface area (Å²) in [6.07, 6.45) is 4.58. The van der Waals surface area contributed by atoms with Crippen LogP contribution in [0.3, 0.4) is 0 Å². The lowest BCUT2D eigenvalue weighted by atomic mass is 9.79. The van der Waals surface area contributed by atoms with Gasteiger partial charge in [0.25, 0.3) is 23.3 Å². The third-order valence-corrected chi connectivity index (χ3v) is 12.5. The highest BCUT2D eigenvalue weighted by atomic mass is 15.7. The number of aromatic nitrogens is 2. The Labute approximate surface area is 282 Å². The predicted molar refractivity (Wildman–Crippen MR) is 192 cm³/mol. The van der Waals surface area contributed by atoms with Crippen LogP contribution in [0.4, 0.5) is 11.6 Å². The van der Waals surface area contributed by atoms with E-state index in [1.54, 1.807) is 0 Å².